The largest absolute Gasteiger partial charge is 0.346 e. The first-order chi connectivity index (χ1) is 12.4. The van der Waals surface area contributed by atoms with Gasteiger partial charge >= 0.3 is 11.8 Å². The maximum absolute atomic E-state index is 12.5. The summed E-state index contributed by atoms with van der Waals surface area (Å²) in [5, 5.41) is 5.21. The molecule has 1 aliphatic rings. The SMILES string of the molecule is Cc1ccc(C(=O)N2CC[NH+](CCNC(=O)C(=O)NC(C)C)CC2)cc1. The van der Waals surface area contributed by atoms with E-state index in [-0.39, 0.29) is 11.9 Å². The van der Waals surface area contributed by atoms with Crippen molar-refractivity contribution in [3.8, 4) is 0 Å². The van der Waals surface area contributed by atoms with Crippen LogP contribution in [0, 0.1) is 6.92 Å². The van der Waals surface area contributed by atoms with Gasteiger partial charge in [0.05, 0.1) is 39.3 Å². The highest BCUT2D eigenvalue weighted by molar-refractivity contribution is 6.35. The highest BCUT2D eigenvalue weighted by Gasteiger charge is 2.24. The smallest absolute Gasteiger partial charge is 0.309 e. The van der Waals surface area contributed by atoms with Crippen LogP contribution in [0.15, 0.2) is 24.3 Å². The third kappa shape index (κ3) is 5.84. The van der Waals surface area contributed by atoms with Crippen molar-refractivity contribution >= 4 is 17.7 Å². The molecule has 0 unspecified atom stereocenters. The third-order valence-corrected chi connectivity index (χ3v) is 4.45. The number of nitrogens with zero attached hydrogens (tertiary/aromatic N) is 1. The summed E-state index contributed by atoms with van der Waals surface area (Å²) in [4.78, 5) is 38.9. The molecule has 0 aliphatic carbocycles. The van der Waals surface area contributed by atoms with Gasteiger partial charge in [0.2, 0.25) is 0 Å². The molecule has 1 aromatic rings. The molecule has 1 saturated heterocycles. The summed E-state index contributed by atoms with van der Waals surface area (Å²) in [5.41, 5.74) is 1.86. The van der Waals surface area contributed by atoms with Crippen molar-refractivity contribution in [2.75, 3.05) is 39.3 Å². The van der Waals surface area contributed by atoms with Crippen LogP contribution in [0.25, 0.3) is 0 Å². The zero-order chi connectivity index (χ0) is 19.1. The first-order valence-corrected chi connectivity index (χ1v) is 9.15. The molecule has 0 aromatic heterocycles. The molecule has 7 nitrogen and oxygen atoms in total. The van der Waals surface area contributed by atoms with Gasteiger partial charge in [0.15, 0.2) is 0 Å². The summed E-state index contributed by atoms with van der Waals surface area (Å²) in [6, 6.07) is 7.58. The van der Waals surface area contributed by atoms with E-state index in [0.29, 0.717) is 19.6 Å². The van der Waals surface area contributed by atoms with Crippen LogP contribution in [-0.2, 0) is 9.59 Å². The molecule has 1 fully saturated rings. The number of aryl methyl sites for hydroxylation is 1. The van der Waals surface area contributed by atoms with E-state index in [0.717, 1.165) is 30.8 Å². The first kappa shape index (κ1) is 19.9. The zero-order valence-corrected chi connectivity index (χ0v) is 15.8. The highest BCUT2D eigenvalue weighted by Crippen LogP contribution is 2.07. The van der Waals surface area contributed by atoms with Crippen molar-refractivity contribution in [1.82, 2.24) is 15.5 Å². The van der Waals surface area contributed by atoms with E-state index in [4.69, 9.17) is 0 Å². The zero-order valence-electron chi connectivity index (χ0n) is 15.8. The van der Waals surface area contributed by atoms with E-state index in [1.807, 2.05) is 49.9 Å². The predicted octanol–water partition coefficient (Wildman–Crippen LogP) is -1.02. The summed E-state index contributed by atoms with van der Waals surface area (Å²) in [5.74, 6) is -1.11. The van der Waals surface area contributed by atoms with Crippen molar-refractivity contribution in [1.29, 1.82) is 0 Å². The summed E-state index contributed by atoms with van der Waals surface area (Å²) >= 11 is 0. The Labute approximate surface area is 154 Å². The summed E-state index contributed by atoms with van der Waals surface area (Å²) in [6.07, 6.45) is 0. The van der Waals surface area contributed by atoms with Gasteiger partial charge in [0.1, 0.15) is 0 Å². The van der Waals surface area contributed by atoms with Gasteiger partial charge in [-0.3, -0.25) is 14.4 Å². The van der Waals surface area contributed by atoms with Crippen molar-refractivity contribution < 1.29 is 19.3 Å². The topological polar surface area (TPSA) is 83.0 Å². The van der Waals surface area contributed by atoms with E-state index < -0.39 is 11.8 Å². The van der Waals surface area contributed by atoms with Crippen LogP contribution in [0.1, 0.15) is 29.8 Å². The molecule has 0 spiro atoms. The molecule has 3 amide bonds. The molecule has 0 radical (unpaired) electrons. The van der Waals surface area contributed by atoms with E-state index in [9.17, 15) is 14.4 Å². The minimum Gasteiger partial charge on any atom is -0.346 e. The maximum atomic E-state index is 12.5. The lowest BCUT2D eigenvalue weighted by Gasteiger charge is -2.32. The molecule has 26 heavy (non-hydrogen) atoms. The van der Waals surface area contributed by atoms with E-state index in [2.05, 4.69) is 10.6 Å². The van der Waals surface area contributed by atoms with Crippen molar-refractivity contribution in [2.24, 2.45) is 0 Å². The Kier molecular flexibility index (Phi) is 7.15. The van der Waals surface area contributed by atoms with Gasteiger partial charge in [0.25, 0.3) is 5.91 Å². The van der Waals surface area contributed by atoms with Crippen molar-refractivity contribution in [2.45, 2.75) is 26.8 Å². The van der Waals surface area contributed by atoms with Gasteiger partial charge in [-0.15, -0.1) is 0 Å². The van der Waals surface area contributed by atoms with Gasteiger partial charge in [-0.2, -0.15) is 0 Å². The Balaban J connectivity index is 1.70. The number of quaternary nitrogens is 1. The van der Waals surface area contributed by atoms with Gasteiger partial charge in [-0.05, 0) is 32.9 Å². The minimum atomic E-state index is -0.594. The van der Waals surface area contributed by atoms with Crippen LogP contribution in [0.2, 0.25) is 0 Å². The normalized spacial score (nSPS) is 15.0. The number of amides is 3. The molecule has 1 aliphatic heterocycles. The molecule has 1 aromatic carbocycles. The predicted molar refractivity (Wildman–Crippen MR) is 98.9 cm³/mol. The Hall–Kier alpha value is -2.41. The molecule has 3 N–H and O–H groups in total. The van der Waals surface area contributed by atoms with Gasteiger partial charge in [-0.25, -0.2) is 0 Å². The van der Waals surface area contributed by atoms with Crippen LogP contribution in [0.4, 0.5) is 0 Å². The molecular formula is C19H29N4O3+. The Morgan fingerprint density at radius 3 is 2.27 bits per heavy atom. The number of nitrogens with one attached hydrogen (secondary N) is 3. The fraction of sp³-hybridized carbons (Fsp3) is 0.526. The molecule has 1 heterocycles. The Morgan fingerprint density at radius 2 is 1.69 bits per heavy atom. The second-order valence-electron chi connectivity index (χ2n) is 7.04. The average Bonchev–Trinajstić information content (AvgIpc) is 2.61. The van der Waals surface area contributed by atoms with E-state index in [1.54, 1.807) is 0 Å². The standard InChI is InChI=1S/C19H28N4O3/c1-14(2)21-18(25)17(24)20-8-9-22-10-12-23(13-11-22)19(26)16-6-4-15(3)5-7-16/h4-7,14H,8-13H2,1-3H3,(H,20,24)(H,21,25)/p+1. The van der Waals surface area contributed by atoms with Crippen LogP contribution in [0.3, 0.4) is 0 Å². The van der Waals surface area contributed by atoms with Crippen molar-refractivity contribution in [3.05, 3.63) is 35.4 Å². The number of benzene rings is 1. The van der Waals surface area contributed by atoms with Gasteiger partial charge in [0, 0.05) is 11.6 Å². The number of rotatable bonds is 5. The first-order valence-electron chi connectivity index (χ1n) is 9.15. The molecule has 142 valence electrons. The molecule has 7 heteroatoms. The van der Waals surface area contributed by atoms with Gasteiger partial charge in [-0.1, -0.05) is 17.7 Å². The number of hydrogen-bond donors (Lipinski definition) is 3. The van der Waals surface area contributed by atoms with E-state index >= 15 is 0 Å². The van der Waals surface area contributed by atoms with Gasteiger partial charge < -0.3 is 20.4 Å². The number of carbonyl (C=O) groups is 3. The fourth-order valence-corrected chi connectivity index (χ4v) is 2.92. The van der Waals surface area contributed by atoms with Crippen LogP contribution in [0.5, 0.6) is 0 Å². The third-order valence-electron chi connectivity index (χ3n) is 4.45. The van der Waals surface area contributed by atoms with Crippen LogP contribution >= 0.6 is 0 Å². The molecule has 0 atom stereocenters. The lowest BCUT2D eigenvalue weighted by atomic mass is 10.1. The van der Waals surface area contributed by atoms with Crippen LogP contribution in [-0.4, -0.2) is 67.9 Å². The van der Waals surface area contributed by atoms with Crippen LogP contribution < -0.4 is 15.5 Å². The Morgan fingerprint density at radius 1 is 1.08 bits per heavy atom. The number of carbonyl (C=O) groups excluding carboxylic acids is 3. The number of hydrogen-bond acceptors (Lipinski definition) is 3. The maximum Gasteiger partial charge on any atom is 0.309 e. The lowest BCUT2D eigenvalue weighted by molar-refractivity contribution is -0.902. The number of piperazine rings is 1. The second-order valence-corrected chi connectivity index (χ2v) is 7.04. The summed E-state index contributed by atoms with van der Waals surface area (Å²) in [6.45, 7) is 9.89. The second kappa shape index (κ2) is 9.33. The quantitative estimate of drug-likeness (QED) is 0.587. The van der Waals surface area contributed by atoms with Crippen molar-refractivity contribution in [3.63, 3.8) is 0 Å². The summed E-state index contributed by atoms with van der Waals surface area (Å²) in [7, 11) is 0. The summed E-state index contributed by atoms with van der Waals surface area (Å²) < 4.78 is 0. The molecule has 0 bridgehead atoms. The van der Waals surface area contributed by atoms with E-state index in [1.165, 1.54) is 4.90 Å². The molecule has 2 rings (SSSR count). The minimum absolute atomic E-state index is 0.0574. The average molecular weight is 361 g/mol. The monoisotopic (exact) mass is 361 g/mol. The Bertz CT molecular complexity index is 635. The lowest BCUT2D eigenvalue weighted by Crippen LogP contribution is -3.15. The molecular weight excluding hydrogens is 332 g/mol. The highest BCUT2D eigenvalue weighted by atomic mass is 16.2. The fourth-order valence-electron chi connectivity index (χ4n) is 2.92. The molecule has 0 saturated carbocycles.